The molecule has 0 N–H and O–H groups in total. The van der Waals surface area contributed by atoms with Crippen LogP contribution in [0.5, 0.6) is 0 Å². The summed E-state index contributed by atoms with van der Waals surface area (Å²) in [6, 6.07) is 18.9. The summed E-state index contributed by atoms with van der Waals surface area (Å²) < 4.78 is 5.63. The summed E-state index contributed by atoms with van der Waals surface area (Å²) in [5.41, 5.74) is 1.97. The lowest BCUT2D eigenvalue weighted by molar-refractivity contribution is -0.156. The molecule has 30 heavy (non-hydrogen) atoms. The molecule has 0 saturated heterocycles. The molecule has 2 aromatic carbocycles. The van der Waals surface area contributed by atoms with Crippen molar-refractivity contribution in [2.75, 3.05) is 0 Å². The molecule has 2 aromatic rings. The minimum Gasteiger partial charge on any atom is -0.458 e. The topological polar surface area (TPSA) is 55.7 Å². The second-order valence-electron chi connectivity index (χ2n) is 8.44. The van der Waals surface area contributed by atoms with Crippen LogP contribution in [0, 0.1) is 0 Å². The molecule has 0 bridgehead atoms. The van der Waals surface area contributed by atoms with Gasteiger partial charge in [0.25, 0.3) is 0 Å². The third-order valence-electron chi connectivity index (χ3n) is 4.56. The van der Waals surface area contributed by atoms with Gasteiger partial charge in [0, 0.05) is 24.0 Å². The number of nitrogens with zero attached hydrogens (tertiary/aromatic N) is 1. The van der Waals surface area contributed by atoms with Crippen molar-refractivity contribution >= 4 is 17.5 Å². The number of hydrogen-bond acceptors (Lipinski definition) is 4. The Bertz CT molecular complexity index is 794. The maximum Gasteiger partial charge on any atom is 0.331 e. The molecular weight excluding hydrogens is 374 g/mol. The van der Waals surface area contributed by atoms with E-state index in [4.69, 9.17) is 9.73 Å². The van der Waals surface area contributed by atoms with E-state index in [2.05, 4.69) is 6.92 Å². The second kappa shape index (κ2) is 11.4. The average Bonchev–Trinajstić information content (AvgIpc) is 2.72. The van der Waals surface area contributed by atoms with Crippen molar-refractivity contribution in [1.29, 1.82) is 0 Å². The number of esters is 1. The van der Waals surface area contributed by atoms with Crippen LogP contribution < -0.4 is 0 Å². The summed E-state index contributed by atoms with van der Waals surface area (Å²) >= 11 is 0. The number of hydrogen-bond donors (Lipinski definition) is 0. The maximum atomic E-state index is 12.9. The number of carbonyl (C=O) groups excluding carboxylic acids is 2. The van der Waals surface area contributed by atoms with Crippen LogP contribution in [0.15, 0.2) is 65.7 Å². The lowest BCUT2D eigenvalue weighted by Crippen LogP contribution is -2.32. The van der Waals surface area contributed by atoms with Crippen molar-refractivity contribution in [3.8, 4) is 0 Å². The van der Waals surface area contributed by atoms with Gasteiger partial charge in [-0.1, -0.05) is 74.0 Å². The number of unbranched alkanes of at least 4 members (excludes halogenated alkanes) is 1. The fourth-order valence-electron chi connectivity index (χ4n) is 3.07. The summed E-state index contributed by atoms with van der Waals surface area (Å²) in [7, 11) is 0. The van der Waals surface area contributed by atoms with Gasteiger partial charge in [0.15, 0.2) is 0 Å². The van der Waals surface area contributed by atoms with Crippen LogP contribution in [0.1, 0.15) is 70.9 Å². The van der Waals surface area contributed by atoms with E-state index < -0.39 is 17.6 Å². The smallest absolute Gasteiger partial charge is 0.331 e. The van der Waals surface area contributed by atoms with E-state index in [-0.39, 0.29) is 5.78 Å². The van der Waals surface area contributed by atoms with Gasteiger partial charge >= 0.3 is 5.97 Å². The highest BCUT2D eigenvalue weighted by molar-refractivity contribution is 6.13. The highest BCUT2D eigenvalue weighted by Gasteiger charge is 2.26. The Morgan fingerprint density at radius 1 is 0.900 bits per heavy atom. The van der Waals surface area contributed by atoms with Crippen molar-refractivity contribution in [2.24, 2.45) is 4.99 Å². The fraction of sp³-hybridized carbons (Fsp3) is 0.423. The Kier molecular flexibility index (Phi) is 8.97. The van der Waals surface area contributed by atoms with Crippen LogP contribution >= 0.6 is 0 Å². The largest absolute Gasteiger partial charge is 0.458 e. The van der Waals surface area contributed by atoms with E-state index in [0.29, 0.717) is 19.3 Å². The molecule has 160 valence electrons. The number of ether oxygens (including phenoxy) is 1. The van der Waals surface area contributed by atoms with Gasteiger partial charge in [-0.2, -0.15) is 0 Å². The first kappa shape index (κ1) is 23.5. The zero-order chi connectivity index (χ0) is 22.0. The number of benzene rings is 2. The van der Waals surface area contributed by atoms with Gasteiger partial charge in [0.2, 0.25) is 0 Å². The first-order valence-corrected chi connectivity index (χ1v) is 10.7. The van der Waals surface area contributed by atoms with E-state index in [0.717, 1.165) is 29.7 Å². The number of ketones is 1. The molecule has 2 rings (SSSR count). The summed E-state index contributed by atoms with van der Waals surface area (Å²) in [6.45, 7) is 7.58. The quantitative estimate of drug-likeness (QED) is 0.371. The zero-order valence-electron chi connectivity index (χ0n) is 18.6. The Balaban J connectivity index is 2.38. The van der Waals surface area contributed by atoms with E-state index in [1.54, 1.807) is 0 Å². The lowest BCUT2D eigenvalue weighted by atomic mass is 10.0. The van der Waals surface area contributed by atoms with Crippen LogP contribution in [0.4, 0.5) is 0 Å². The number of Topliss-reactive ketones (excluding diaryl/α,β-unsaturated/α-hetero) is 1. The minimum absolute atomic E-state index is 0.168. The van der Waals surface area contributed by atoms with E-state index in [1.807, 2.05) is 81.4 Å². The van der Waals surface area contributed by atoms with Gasteiger partial charge in [-0.15, -0.1) is 0 Å². The minimum atomic E-state index is -0.731. The molecule has 1 atom stereocenters. The summed E-state index contributed by atoms with van der Waals surface area (Å²) in [4.78, 5) is 30.0. The standard InChI is InChI=1S/C26H33NO3/c1-5-6-17-22(28)18-19-23(25(29)30-26(2,3)4)27-24(20-13-9-7-10-14-20)21-15-11-8-12-16-21/h7-16,23H,5-6,17-19H2,1-4H3/t23-/m1/s1. The Morgan fingerprint density at radius 2 is 1.43 bits per heavy atom. The fourth-order valence-corrected chi connectivity index (χ4v) is 3.07. The molecule has 0 aromatic heterocycles. The van der Waals surface area contributed by atoms with Crippen LogP contribution in [0.3, 0.4) is 0 Å². The third-order valence-corrected chi connectivity index (χ3v) is 4.56. The van der Waals surface area contributed by atoms with Crippen LogP contribution in [-0.2, 0) is 14.3 Å². The molecule has 0 aliphatic carbocycles. The second-order valence-corrected chi connectivity index (χ2v) is 8.44. The van der Waals surface area contributed by atoms with Crippen LogP contribution in [0.25, 0.3) is 0 Å². The molecule has 4 heteroatoms. The number of aliphatic imine (C=N–C) groups is 1. The zero-order valence-corrected chi connectivity index (χ0v) is 18.6. The third kappa shape index (κ3) is 7.94. The van der Waals surface area contributed by atoms with Crippen molar-refractivity contribution in [3.05, 3.63) is 71.8 Å². The lowest BCUT2D eigenvalue weighted by Gasteiger charge is -2.23. The normalized spacial score (nSPS) is 12.1. The first-order valence-electron chi connectivity index (χ1n) is 10.7. The molecule has 0 radical (unpaired) electrons. The van der Waals surface area contributed by atoms with Gasteiger partial charge in [0.05, 0.1) is 5.71 Å². The van der Waals surface area contributed by atoms with Crippen molar-refractivity contribution in [1.82, 2.24) is 0 Å². The molecular formula is C26H33NO3. The predicted molar refractivity (Wildman–Crippen MR) is 122 cm³/mol. The monoisotopic (exact) mass is 407 g/mol. The van der Waals surface area contributed by atoms with E-state index in [1.165, 1.54) is 0 Å². The molecule has 0 saturated carbocycles. The van der Waals surface area contributed by atoms with Crippen LogP contribution in [-0.4, -0.2) is 29.1 Å². The van der Waals surface area contributed by atoms with Crippen molar-refractivity contribution < 1.29 is 14.3 Å². The van der Waals surface area contributed by atoms with Gasteiger partial charge in [-0.25, -0.2) is 4.79 Å². The summed E-state index contributed by atoms with van der Waals surface area (Å²) in [5, 5.41) is 0. The molecule has 4 nitrogen and oxygen atoms in total. The first-order chi connectivity index (χ1) is 14.3. The summed E-state index contributed by atoms with van der Waals surface area (Å²) in [5.74, 6) is -0.225. The van der Waals surface area contributed by atoms with Crippen molar-refractivity contribution in [2.45, 2.75) is 71.4 Å². The van der Waals surface area contributed by atoms with Crippen LogP contribution in [0.2, 0.25) is 0 Å². The maximum absolute atomic E-state index is 12.9. The van der Waals surface area contributed by atoms with E-state index >= 15 is 0 Å². The highest BCUT2D eigenvalue weighted by atomic mass is 16.6. The Labute approximate surface area is 180 Å². The van der Waals surface area contributed by atoms with Gasteiger partial charge in [-0.3, -0.25) is 9.79 Å². The molecule has 0 spiro atoms. The molecule has 0 aliphatic heterocycles. The molecule has 0 heterocycles. The molecule has 0 unspecified atom stereocenters. The number of carbonyl (C=O) groups is 2. The van der Waals surface area contributed by atoms with Gasteiger partial charge in [0.1, 0.15) is 17.4 Å². The SMILES string of the molecule is CCCCC(=O)CC[C@@H](N=C(c1ccccc1)c1ccccc1)C(=O)OC(C)(C)C. The van der Waals surface area contributed by atoms with Gasteiger partial charge in [-0.05, 0) is 33.6 Å². The van der Waals surface area contributed by atoms with Gasteiger partial charge < -0.3 is 4.74 Å². The Morgan fingerprint density at radius 3 is 1.90 bits per heavy atom. The predicted octanol–water partition coefficient (Wildman–Crippen LogP) is 5.77. The highest BCUT2D eigenvalue weighted by Crippen LogP contribution is 2.18. The summed E-state index contributed by atoms with van der Waals surface area (Å²) in [6.07, 6.45) is 3.07. The number of rotatable bonds is 10. The van der Waals surface area contributed by atoms with Crippen molar-refractivity contribution in [3.63, 3.8) is 0 Å². The average molecular weight is 408 g/mol. The molecule has 0 amide bonds. The molecule has 0 aliphatic rings. The Hall–Kier alpha value is -2.75. The van der Waals surface area contributed by atoms with E-state index in [9.17, 15) is 9.59 Å². The molecule has 0 fully saturated rings.